The van der Waals surface area contributed by atoms with Gasteiger partial charge in [0.25, 0.3) is 0 Å². The van der Waals surface area contributed by atoms with E-state index >= 15 is 0 Å². The third kappa shape index (κ3) is 3.23. The van der Waals surface area contributed by atoms with Gasteiger partial charge < -0.3 is 5.32 Å². The first kappa shape index (κ1) is 10.3. The second-order valence-corrected chi connectivity index (χ2v) is 3.36. The average molecular weight is 202 g/mol. The van der Waals surface area contributed by atoms with Crippen molar-refractivity contribution in [3.8, 4) is 0 Å². The summed E-state index contributed by atoms with van der Waals surface area (Å²) in [5.74, 6) is 0. The molecule has 3 heteroatoms. The molecule has 0 amide bonds. The van der Waals surface area contributed by atoms with Crippen LogP contribution in [0.25, 0.3) is 0 Å². The number of nitrogens with one attached hydrogen (secondary N) is 1. The predicted octanol–water partition coefficient (Wildman–Crippen LogP) is 3.42. The number of hydrogen-bond acceptors (Lipinski definition) is 1. The van der Waals surface area contributed by atoms with E-state index in [1.54, 1.807) is 0 Å². The Kier molecular flexibility index (Phi) is 4.03. The van der Waals surface area contributed by atoms with Gasteiger partial charge in [-0.2, -0.15) is 0 Å². The molecule has 0 aliphatic heterocycles. The van der Waals surface area contributed by atoms with Crippen molar-refractivity contribution in [2.75, 3.05) is 18.5 Å². The summed E-state index contributed by atoms with van der Waals surface area (Å²) in [4.78, 5) is 0. The fourth-order valence-electron chi connectivity index (χ4n) is 1.06. The number of halogens is 2. The molecule has 1 aromatic carbocycles. The van der Waals surface area contributed by atoms with Crippen LogP contribution in [0.5, 0.6) is 0 Å². The van der Waals surface area contributed by atoms with Crippen molar-refractivity contribution in [3.63, 3.8) is 0 Å². The highest BCUT2D eigenvalue weighted by Crippen LogP contribution is 2.22. The Morgan fingerprint density at radius 1 is 1.46 bits per heavy atom. The molecule has 0 saturated heterocycles. The van der Waals surface area contributed by atoms with Gasteiger partial charge in [-0.25, -0.2) is 0 Å². The third-order valence-corrected chi connectivity index (χ3v) is 2.08. The largest absolute Gasteiger partial charge is 0.384 e. The van der Waals surface area contributed by atoms with E-state index in [4.69, 9.17) is 11.6 Å². The third-order valence-electron chi connectivity index (χ3n) is 1.75. The highest BCUT2D eigenvalue weighted by atomic mass is 35.5. The zero-order chi connectivity index (χ0) is 9.68. The van der Waals surface area contributed by atoms with Crippen molar-refractivity contribution in [1.82, 2.24) is 0 Å². The van der Waals surface area contributed by atoms with Gasteiger partial charge in [0.1, 0.15) is 0 Å². The van der Waals surface area contributed by atoms with Gasteiger partial charge in [0, 0.05) is 6.54 Å². The Bertz CT molecular complexity index is 276. The van der Waals surface area contributed by atoms with E-state index in [-0.39, 0.29) is 6.67 Å². The van der Waals surface area contributed by atoms with Crippen LogP contribution in [0, 0.1) is 6.92 Å². The van der Waals surface area contributed by atoms with Crippen molar-refractivity contribution in [3.05, 3.63) is 28.8 Å². The van der Waals surface area contributed by atoms with E-state index in [0.29, 0.717) is 18.0 Å². The quantitative estimate of drug-likeness (QED) is 0.737. The first-order valence-electron chi connectivity index (χ1n) is 4.30. The smallest absolute Gasteiger partial charge is 0.0911 e. The zero-order valence-electron chi connectivity index (χ0n) is 7.61. The van der Waals surface area contributed by atoms with Gasteiger partial charge in [-0.05, 0) is 31.0 Å². The topological polar surface area (TPSA) is 12.0 Å². The number of hydrogen-bond donors (Lipinski definition) is 1. The van der Waals surface area contributed by atoms with Gasteiger partial charge in [-0.1, -0.05) is 17.7 Å². The van der Waals surface area contributed by atoms with Gasteiger partial charge in [0.15, 0.2) is 0 Å². The second kappa shape index (κ2) is 5.07. The van der Waals surface area contributed by atoms with Crippen molar-refractivity contribution < 1.29 is 4.39 Å². The number of alkyl halides is 1. The fourth-order valence-corrected chi connectivity index (χ4v) is 1.25. The van der Waals surface area contributed by atoms with Gasteiger partial charge in [0.05, 0.1) is 17.4 Å². The highest BCUT2D eigenvalue weighted by Gasteiger charge is 1.98. The van der Waals surface area contributed by atoms with Crippen molar-refractivity contribution in [2.24, 2.45) is 0 Å². The van der Waals surface area contributed by atoms with E-state index in [1.807, 2.05) is 25.1 Å². The van der Waals surface area contributed by atoms with Gasteiger partial charge in [-0.15, -0.1) is 0 Å². The molecular weight excluding hydrogens is 189 g/mol. The van der Waals surface area contributed by atoms with Gasteiger partial charge in [0.2, 0.25) is 0 Å². The Balaban J connectivity index is 2.59. The van der Waals surface area contributed by atoms with Crippen LogP contribution >= 0.6 is 11.6 Å². The van der Waals surface area contributed by atoms with Crippen molar-refractivity contribution >= 4 is 17.3 Å². The minimum absolute atomic E-state index is 0.295. The molecule has 1 rings (SSSR count). The lowest BCUT2D eigenvalue weighted by Crippen LogP contribution is -2.02. The van der Waals surface area contributed by atoms with E-state index in [9.17, 15) is 4.39 Å². The minimum Gasteiger partial charge on any atom is -0.384 e. The monoisotopic (exact) mass is 201 g/mol. The molecule has 13 heavy (non-hydrogen) atoms. The van der Waals surface area contributed by atoms with E-state index in [0.717, 1.165) is 11.3 Å². The Labute approximate surface area is 82.9 Å². The molecule has 1 nitrogen and oxygen atoms in total. The number of anilines is 1. The predicted molar refractivity (Wildman–Crippen MR) is 55.3 cm³/mol. The molecule has 0 atom stereocenters. The molecule has 0 bridgehead atoms. The molecule has 0 spiro atoms. The molecule has 0 heterocycles. The maximum absolute atomic E-state index is 11.8. The number of benzene rings is 1. The number of aryl methyl sites for hydroxylation is 1. The standard InChI is InChI=1S/C10H13ClFN/c1-8-3-4-9(11)10(7-8)13-6-2-5-12/h3-4,7,13H,2,5-6H2,1H3. The van der Waals surface area contributed by atoms with Crippen LogP contribution in [-0.2, 0) is 0 Å². The van der Waals surface area contributed by atoms with Gasteiger partial charge in [-0.3, -0.25) is 4.39 Å². The maximum atomic E-state index is 11.8. The molecule has 0 saturated carbocycles. The Morgan fingerprint density at radius 3 is 2.92 bits per heavy atom. The fraction of sp³-hybridized carbons (Fsp3) is 0.400. The molecular formula is C10H13ClFN. The second-order valence-electron chi connectivity index (χ2n) is 2.95. The van der Waals surface area contributed by atoms with Crippen molar-refractivity contribution in [1.29, 1.82) is 0 Å². The van der Waals surface area contributed by atoms with Crippen LogP contribution in [0.4, 0.5) is 10.1 Å². The summed E-state index contributed by atoms with van der Waals surface area (Å²) >= 11 is 5.92. The lowest BCUT2D eigenvalue weighted by Gasteiger charge is -2.07. The van der Waals surface area contributed by atoms with Gasteiger partial charge >= 0.3 is 0 Å². The summed E-state index contributed by atoms with van der Waals surface area (Å²) in [6, 6.07) is 5.75. The molecule has 72 valence electrons. The first-order chi connectivity index (χ1) is 6.24. The number of rotatable bonds is 4. The highest BCUT2D eigenvalue weighted by molar-refractivity contribution is 6.33. The Hall–Kier alpha value is -0.760. The summed E-state index contributed by atoms with van der Waals surface area (Å²) in [6.45, 7) is 2.33. The molecule has 0 aliphatic rings. The summed E-state index contributed by atoms with van der Waals surface area (Å²) in [5, 5.41) is 3.77. The molecule has 0 unspecified atom stereocenters. The van der Waals surface area contributed by atoms with Crippen LogP contribution in [0.1, 0.15) is 12.0 Å². The summed E-state index contributed by atoms with van der Waals surface area (Å²) in [7, 11) is 0. The van der Waals surface area contributed by atoms with Crippen LogP contribution < -0.4 is 5.32 Å². The molecule has 0 fully saturated rings. The van der Waals surface area contributed by atoms with E-state index in [2.05, 4.69) is 5.32 Å². The summed E-state index contributed by atoms with van der Waals surface area (Å²) in [6.07, 6.45) is 0.518. The SMILES string of the molecule is Cc1ccc(Cl)c(NCCCF)c1. The van der Waals surface area contributed by atoms with Crippen LogP contribution in [0.15, 0.2) is 18.2 Å². The molecule has 0 aromatic heterocycles. The maximum Gasteiger partial charge on any atom is 0.0911 e. The van der Waals surface area contributed by atoms with Crippen LogP contribution in [0.3, 0.4) is 0 Å². The van der Waals surface area contributed by atoms with Crippen molar-refractivity contribution in [2.45, 2.75) is 13.3 Å². The average Bonchev–Trinajstić information content (AvgIpc) is 2.11. The molecule has 1 N–H and O–H groups in total. The minimum atomic E-state index is -0.295. The normalized spacial score (nSPS) is 10.1. The lowest BCUT2D eigenvalue weighted by molar-refractivity contribution is 0.481. The molecule has 0 aliphatic carbocycles. The van der Waals surface area contributed by atoms with E-state index in [1.165, 1.54) is 0 Å². The van der Waals surface area contributed by atoms with Crippen LogP contribution in [-0.4, -0.2) is 13.2 Å². The lowest BCUT2D eigenvalue weighted by atomic mass is 10.2. The zero-order valence-corrected chi connectivity index (χ0v) is 8.37. The Morgan fingerprint density at radius 2 is 2.23 bits per heavy atom. The summed E-state index contributed by atoms with van der Waals surface area (Å²) in [5.41, 5.74) is 2.03. The summed E-state index contributed by atoms with van der Waals surface area (Å²) < 4.78 is 11.8. The van der Waals surface area contributed by atoms with Crippen LogP contribution in [0.2, 0.25) is 5.02 Å². The first-order valence-corrected chi connectivity index (χ1v) is 4.68. The van der Waals surface area contributed by atoms with E-state index < -0.39 is 0 Å². The molecule has 0 radical (unpaired) electrons. The molecule has 1 aromatic rings.